The molecule has 12 heteroatoms. The third kappa shape index (κ3) is 4.19. The number of aromatic hydroxyl groups is 2. The van der Waals surface area contributed by atoms with Crippen molar-refractivity contribution in [3.05, 3.63) is 41.5 Å². The number of aliphatic carboxylic acids is 1. The summed E-state index contributed by atoms with van der Waals surface area (Å²) >= 11 is 0. The number of hydrogen-bond donors (Lipinski definition) is 6. The van der Waals surface area contributed by atoms with Gasteiger partial charge in [-0.2, -0.15) is 0 Å². The molecule has 0 aromatic heterocycles. The molecular weight excluding hydrogens is 456 g/mol. The van der Waals surface area contributed by atoms with E-state index in [0.717, 1.165) is 6.07 Å². The van der Waals surface area contributed by atoms with E-state index < -0.39 is 54.3 Å². The zero-order valence-electron chi connectivity index (χ0n) is 17.7. The van der Waals surface area contributed by atoms with Gasteiger partial charge in [-0.25, -0.2) is 4.79 Å². The molecule has 6 N–H and O–H groups in total. The van der Waals surface area contributed by atoms with Gasteiger partial charge < -0.3 is 49.6 Å². The number of aliphatic hydroxyl groups is 3. The molecule has 0 saturated carbocycles. The summed E-state index contributed by atoms with van der Waals surface area (Å²) < 4.78 is 21.8. The zero-order chi connectivity index (χ0) is 24.7. The number of rotatable bonds is 5. The summed E-state index contributed by atoms with van der Waals surface area (Å²) in [7, 11) is 1.33. The fraction of sp³-hybridized carbons (Fsp3) is 0.364. The molecule has 4 rings (SSSR count). The number of carbonyl (C=O) groups is 2. The molecule has 0 spiro atoms. The quantitative estimate of drug-likeness (QED) is 0.340. The Bertz CT molecular complexity index is 1120. The van der Waals surface area contributed by atoms with Gasteiger partial charge in [-0.15, -0.1) is 0 Å². The second kappa shape index (κ2) is 8.99. The van der Waals surface area contributed by atoms with Crippen molar-refractivity contribution >= 4 is 11.8 Å². The SMILES string of the molecule is COc1ccc([C@@H]2CC(=O)c3c(O)cc(O)cc3O2)cc1O[C@@H]1O[C@H](C(=O)O)[C@@H](O)[C@H](O)[C@H]1O. The van der Waals surface area contributed by atoms with Crippen LogP contribution >= 0.6 is 0 Å². The first kappa shape index (κ1) is 23.6. The highest BCUT2D eigenvalue weighted by Crippen LogP contribution is 2.43. The largest absolute Gasteiger partial charge is 0.508 e. The van der Waals surface area contributed by atoms with E-state index in [1.165, 1.54) is 25.3 Å². The fourth-order valence-electron chi connectivity index (χ4n) is 3.87. The summed E-state index contributed by atoms with van der Waals surface area (Å²) in [4.78, 5) is 23.9. The number of Topliss-reactive ketones (excluding diaryl/α,β-unsaturated/α-hetero) is 1. The zero-order valence-corrected chi connectivity index (χ0v) is 17.7. The summed E-state index contributed by atoms with van der Waals surface area (Å²) in [5.41, 5.74) is 0.364. The maximum absolute atomic E-state index is 12.6. The summed E-state index contributed by atoms with van der Waals surface area (Å²) in [6, 6.07) is 6.70. The highest BCUT2D eigenvalue weighted by Gasteiger charge is 2.48. The minimum atomic E-state index is -1.88. The normalized spacial score (nSPS) is 28.5. The lowest BCUT2D eigenvalue weighted by atomic mass is 9.95. The molecule has 0 radical (unpaired) electrons. The number of carbonyl (C=O) groups excluding carboxylic acids is 1. The van der Waals surface area contributed by atoms with E-state index >= 15 is 0 Å². The van der Waals surface area contributed by atoms with E-state index in [0.29, 0.717) is 5.56 Å². The Morgan fingerprint density at radius 3 is 2.44 bits per heavy atom. The van der Waals surface area contributed by atoms with Crippen molar-refractivity contribution in [2.24, 2.45) is 0 Å². The maximum atomic E-state index is 12.6. The van der Waals surface area contributed by atoms with Crippen LogP contribution in [0.1, 0.15) is 28.4 Å². The summed E-state index contributed by atoms with van der Waals surface area (Å²) in [5.74, 6) is -2.57. The van der Waals surface area contributed by atoms with E-state index in [2.05, 4.69) is 0 Å². The van der Waals surface area contributed by atoms with E-state index in [1.54, 1.807) is 6.07 Å². The minimum Gasteiger partial charge on any atom is -0.508 e. The standard InChI is InChI=1S/C22H22O12/c1-31-12-3-2-8(13-7-11(25)16-10(24)5-9(23)6-15(16)32-13)4-14(12)33-22-19(28)17(26)18(27)20(34-22)21(29)30/h2-6,13,17-20,22-24,26-28H,7H2,1H3,(H,29,30)/t13-,17-,18-,19+,20-,22+/m0/s1. The van der Waals surface area contributed by atoms with Crippen molar-refractivity contribution in [1.29, 1.82) is 0 Å². The van der Waals surface area contributed by atoms with E-state index in [1.807, 2.05) is 0 Å². The number of ether oxygens (including phenoxy) is 4. The number of hydrogen-bond acceptors (Lipinski definition) is 11. The number of fused-ring (bicyclic) bond motifs is 1. The van der Waals surface area contributed by atoms with Crippen molar-refractivity contribution < 1.29 is 59.2 Å². The topological polar surface area (TPSA) is 192 Å². The summed E-state index contributed by atoms with van der Waals surface area (Å²) in [6.45, 7) is 0. The monoisotopic (exact) mass is 478 g/mol. The average molecular weight is 478 g/mol. The Hall–Kier alpha value is -3.58. The molecule has 182 valence electrons. The Balaban J connectivity index is 1.63. The number of methoxy groups -OCH3 is 1. The molecule has 34 heavy (non-hydrogen) atoms. The van der Waals surface area contributed by atoms with Crippen molar-refractivity contribution in [3.63, 3.8) is 0 Å². The predicted molar refractivity (Wildman–Crippen MR) is 110 cm³/mol. The lowest BCUT2D eigenvalue weighted by Gasteiger charge is -2.38. The van der Waals surface area contributed by atoms with Crippen LogP contribution in [0.4, 0.5) is 0 Å². The number of carboxylic acid groups (broad SMARTS) is 1. The van der Waals surface area contributed by atoms with Gasteiger partial charge >= 0.3 is 5.97 Å². The van der Waals surface area contributed by atoms with Crippen LogP contribution in [0.25, 0.3) is 0 Å². The van der Waals surface area contributed by atoms with Gasteiger partial charge in [-0.05, 0) is 17.7 Å². The van der Waals surface area contributed by atoms with Crippen molar-refractivity contribution in [2.75, 3.05) is 7.11 Å². The smallest absolute Gasteiger partial charge is 0.335 e. The molecule has 12 nitrogen and oxygen atoms in total. The molecule has 0 bridgehead atoms. The highest BCUT2D eigenvalue weighted by molar-refractivity contribution is 6.02. The van der Waals surface area contributed by atoms with Crippen LogP contribution in [0.2, 0.25) is 0 Å². The first-order valence-corrected chi connectivity index (χ1v) is 10.1. The summed E-state index contributed by atoms with van der Waals surface area (Å²) in [6.07, 6.45) is -10.0. The fourth-order valence-corrected chi connectivity index (χ4v) is 3.87. The molecular formula is C22H22O12. The molecule has 0 aliphatic carbocycles. The summed E-state index contributed by atoms with van der Waals surface area (Å²) in [5, 5.41) is 59.0. The number of carboxylic acids is 1. The van der Waals surface area contributed by atoms with Crippen LogP contribution in [-0.2, 0) is 9.53 Å². The molecule has 0 unspecified atom stereocenters. The molecule has 2 heterocycles. The number of benzene rings is 2. The molecule has 2 aromatic rings. The molecule has 2 aliphatic rings. The minimum absolute atomic E-state index is 0.00974. The Morgan fingerprint density at radius 2 is 1.76 bits per heavy atom. The molecule has 6 atom stereocenters. The molecule has 2 aromatic carbocycles. The average Bonchev–Trinajstić information content (AvgIpc) is 2.78. The Kier molecular flexibility index (Phi) is 6.23. The molecule has 1 saturated heterocycles. The van der Waals surface area contributed by atoms with Crippen molar-refractivity contribution in [2.45, 2.75) is 43.2 Å². The second-order valence-corrected chi connectivity index (χ2v) is 7.84. The van der Waals surface area contributed by atoms with Gasteiger partial charge in [0.1, 0.15) is 47.2 Å². The van der Waals surface area contributed by atoms with Gasteiger partial charge in [-0.3, -0.25) is 4.79 Å². The maximum Gasteiger partial charge on any atom is 0.335 e. The molecule has 2 aliphatic heterocycles. The molecule has 1 fully saturated rings. The van der Waals surface area contributed by atoms with E-state index in [4.69, 9.17) is 18.9 Å². The van der Waals surface area contributed by atoms with Crippen molar-refractivity contribution in [1.82, 2.24) is 0 Å². The third-order valence-electron chi connectivity index (χ3n) is 5.60. The van der Waals surface area contributed by atoms with Crippen molar-refractivity contribution in [3.8, 4) is 28.7 Å². The van der Waals surface area contributed by atoms with Crippen LogP contribution in [0.5, 0.6) is 28.7 Å². The van der Waals surface area contributed by atoms with Crippen LogP contribution in [0.15, 0.2) is 30.3 Å². The number of ketones is 1. The van der Waals surface area contributed by atoms with Gasteiger partial charge in [0.2, 0.25) is 6.29 Å². The van der Waals surface area contributed by atoms with Gasteiger partial charge in [0.25, 0.3) is 0 Å². The number of phenolic OH excluding ortho intramolecular Hbond substituents is 2. The van der Waals surface area contributed by atoms with Crippen LogP contribution in [0, 0.1) is 0 Å². The highest BCUT2D eigenvalue weighted by atomic mass is 16.7. The van der Waals surface area contributed by atoms with Gasteiger partial charge in [-0.1, -0.05) is 6.07 Å². The van der Waals surface area contributed by atoms with Gasteiger partial charge in [0, 0.05) is 12.1 Å². The first-order valence-electron chi connectivity index (χ1n) is 10.1. The number of phenols is 2. The predicted octanol–water partition coefficient (Wildman–Crippen LogP) is 0.0839. The van der Waals surface area contributed by atoms with Crippen LogP contribution in [0.3, 0.4) is 0 Å². The Labute approximate surface area is 192 Å². The van der Waals surface area contributed by atoms with Crippen LogP contribution in [-0.4, -0.2) is 80.2 Å². The lowest BCUT2D eigenvalue weighted by Crippen LogP contribution is -2.61. The first-order chi connectivity index (χ1) is 16.1. The second-order valence-electron chi connectivity index (χ2n) is 7.84. The Morgan fingerprint density at radius 1 is 1.03 bits per heavy atom. The van der Waals surface area contributed by atoms with E-state index in [-0.39, 0.29) is 35.0 Å². The van der Waals surface area contributed by atoms with Crippen LogP contribution < -0.4 is 14.2 Å². The lowest BCUT2D eigenvalue weighted by molar-refractivity contribution is -0.271. The van der Waals surface area contributed by atoms with Gasteiger partial charge in [0.05, 0.1) is 13.5 Å². The third-order valence-corrected chi connectivity index (χ3v) is 5.60. The number of aliphatic hydroxyl groups excluding tert-OH is 3. The molecule has 0 amide bonds. The van der Waals surface area contributed by atoms with Gasteiger partial charge in [0.15, 0.2) is 23.4 Å². The van der Waals surface area contributed by atoms with E-state index in [9.17, 15) is 40.2 Å².